The maximum atomic E-state index is 6.38. The molecule has 4 nitrogen and oxygen atoms in total. The third-order valence-electron chi connectivity index (χ3n) is 10.2. The van der Waals surface area contributed by atoms with Crippen molar-refractivity contribution in [1.29, 1.82) is 0 Å². The van der Waals surface area contributed by atoms with E-state index in [-0.39, 0.29) is 12.2 Å². The Balaban J connectivity index is 1.02. The Morgan fingerprint density at radius 3 is 2.28 bits per heavy atom. The van der Waals surface area contributed by atoms with Gasteiger partial charge in [0.1, 0.15) is 24.6 Å². The number of ether oxygens (including phenoxy) is 4. The molecule has 0 amide bonds. The fourth-order valence-corrected chi connectivity index (χ4v) is 7.38. The van der Waals surface area contributed by atoms with E-state index in [0.717, 1.165) is 44.6 Å². The first-order valence-corrected chi connectivity index (χ1v) is 17.1. The maximum absolute atomic E-state index is 6.38. The summed E-state index contributed by atoms with van der Waals surface area (Å²) < 4.78 is 23.5. The minimum Gasteiger partial charge on any atom is -0.490 e. The molecular formula is C42H44O4. The number of epoxide rings is 2. The lowest BCUT2D eigenvalue weighted by Crippen LogP contribution is -2.09. The number of hydrogen-bond donors (Lipinski definition) is 0. The molecule has 236 valence electrons. The van der Waals surface area contributed by atoms with Crippen LogP contribution in [0.2, 0.25) is 0 Å². The van der Waals surface area contributed by atoms with Gasteiger partial charge in [-0.05, 0) is 118 Å². The standard InChI is InChI=1S/C42H44O4/c1-4-31(39-20-34-12-26(2)8-10-33(34)21-42(39)46-25-37-23-44-37)16-29-7-5-6-28(14-29)15-30-9-11-32-18-40-38(19-35(32)17-30)27(3)13-41(40)45-24-36-22-43-36/h5-12,14,17-21,27,31,36-37,41H,4,13,15-16,22-25H2,1-3H3. The SMILES string of the molecule is CCC(Cc1cccc(Cc2ccc3cc4c(cc3c2)C(C)CC4OCC2CO2)c1)c1cc2cc(C)ccc2cc1OCC1CO1. The first-order chi connectivity index (χ1) is 22.5. The van der Waals surface area contributed by atoms with Gasteiger partial charge in [-0.3, -0.25) is 0 Å². The smallest absolute Gasteiger partial charge is 0.123 e. The third-order valence-corrected chi connectivity index (χ3v) is 10.2. The predicted molar refractivity (Wildman–Crippen MR) is 185 cm³/mol. The van der Waals surface area contributed by atoms with Gasteiger partial charge in [0, 0.05) is 0 Å². The second-order valence-electron chi connectivity index (χ2n) is 13.9. The van der Waals surface area contributed by atoms with Crippen LogP contribution in [0.5, 0.6) is 5.75 Å². The Morgan fingerprint density at radius 1 is 0.739 bits per heavy atom. The van der Waals surface area contributed by atoms with Crippen LogP contribution in [0.25, 0.3) is 21.5 Å². The van der Waals surface area contributed by atoms with Crippen LogP contribution in [-0.4, -0.2) is 38.6 Å². The van der Waals surface area contributed by atoms with E-state index >= 15 is 0 Å². The van der Waals surface area contributed by atoms with E-state index in [9.17, 15) is 0 Å². The molecule has 5 unspecified atom stereocenters. The van der Waals surface area contributed by atoms with Crippen LogP contribution in [-0.2, 0) is 27.1 Å². The van der Waals surface area contributed by atoms with Gasteiger partial charge < -0.3 is 18.9 Å². The quantitative estimate of drug-likeness (QED) is 0.132. The first-order valence-electron chi connectivity index (χ1n) is 17.1. The lowest BCUT2D eigenvalue weighted by molar-refractivity contribution is 0.0407. The lowest BCUT2D eigenvalue weighted by Gasteiger charge is -2.21. The fourth-order valence-electron chi connectivity index (χ4n) is 7.38. The molecule has 0 N–H and O–H groups in total. The van der Waals surface area contributed by atoms with Gasteiger partial charge in [0.25, 0.3) is 0 Å². The zero-order valence-electron chi connectivity index (χ0n) is 27.3. The molecule has 4 heteroatoms. The van der Waals surface area contributed by atoms with Crippen molar-refractivity contribution in [3.05, 3.63) is 124 Å². The van der Waals surface area contributed by atoms with Crippen molar-refractivity contribution in [2.75, 3.05) is 26.4 Å². The second kappa shape index (κ2) is 12.5. The molecule has 8 rings (SSSR count). The van der Waals surface area contributed by atoms with Gasteiger partial charge in [-0.2, -0.15) is 0 Å². The van der Waals surface area contributed by atoms with Gasteiger partial charge in [-0.1, -0.05) is 86.1 Å². The summed E-state index contributed by atoms with van der Waals surface area (Å²) in [6.07, 6.45) is 4.72. The normalized spacial score (nSPS) is 22.2. The number of rotatable bonds is 12. The predicted octanol–water partition coefficient (Wildman–Crippen LogP) is 9.37. The summed E-state index contributed by atoms with van der Waals surface area (Å²) in [5.74, 6) is 1.88. The van der Waals surface area contributed by atoms with Crippen LogP contribution in [0.3, 0.4) is 0 Å². The minimum absolute atomic E-state index is 0.182. The zero-order chi connectivity index (χ0) is 31.2. The molecule has 0 aromatic heterocycles. The fraction of sp³-hybridized carbons (Fsp3) is 0.381. The van der Waals surface area contributed by atoms with Gasteiger partial charge in [0.15, 0.2) is 0 Å². The van der Waals surface area contributed by atoms with Gasteiger partial charge in [-0.25, -0.2) is 0 Å². The summed E-state index contributed by atoms with van der Waals surface area (Å²) in [6, 6.07) is 32.2. The Morgan fingerprint density at radius 2 is 1.46 bits per heavy atom. The van der Waals surface area contributed by atoms with E-state index in [1.54, 1.807) is 0 Å². The van der Waals surface area contributed by atoms with E-state index in [1.807, 2.05) is 0 Å². The van der Waals surface area contributed by atoms with E-state index in [0.29, 0.717) is 31.2 Å². The van der Waals surface area contributed by atoms with E-state index < -0.39 is 0 Å². The van der Waals surface area contributed by atoms with Crippen LogP contribution in [0.4, 0.5) is 0 Å². The highest BCUT2D eigenvalue weighted by Crippen LogP contribution is 2.44. The van der Waals surface area contributed by atoms with Crippen molar-refractivity contribution in [3.63, 3.8) is 0 Å². The van der Waals surface area contributed by atoms with Crippen LogP contribution < -0.4 is 4.74 Å². The Kier molecular flexibility index (Phi) is 8.06. The second-order valence-corrected chi connectivity index (χ2v) is 13.9. The minimum atomic E-state index is 0.182. The molecule has 3 aliphatic rings. The van der Waals surface area contributed by atoms with Crippen molar-refractivity contribution >= 4 is 21.5 Å². The molecule has 2 heterocycles. The summed E-state index contributed by atoms with van der Waals surface area (Å²) in [6.45, 7) is 9.76. The van der Waals surface area contributed by atoms with Gasteiger partial charge >= 0.3 is 0 Å². The number of benzene rings is 5. The zero-order valence-corrected chi connectivity index (χ0v) is 27.3. The average Bonchev–Trinajstić information content (AvgIpc) is 4.00. The van der Waals surface area contributed by atoms with Gasteiger partial charge in [-0.15, -0.1) is 0 Å². The molecule has 46 heavy (non-hydrogen) atoms. The molecule has 2 saturated heterocycles. The molecule has 5 aromatic carbocycles. The van der Waals surface area contributed by atoms with Crippen LogP contribution in [0.1, 0.15) is 83.6 Å². The summed E-state index contributed by atoms with van der Waals surface area (Å²) in [7, 11) is 0. The molecule has 0 spiro atoms. The van der Waals surface area contributed by atoms with Crippen molar-refractivity contribution in [3.8, 4) is 5.75 Å². The maximum Gasteiger partial charge on any atom is 0.123 e. The monoisotopic (exact) mass is 612 g/mol. The topological polar surface area (TPSA) is 43.5 Å². The highest BCUT2D eigenvalue weighted by atomic mass is 16.6. The molecule has 2 aliphatic heterocycles. The number of hydrogen-bond acceptors (Lipinski definition) is 4. The lowest BCUT2D eigenvalue weighted by atomic mass is 9.87. The summed E-state index contributed by atoms with van der Waals surface area (Å²) in [5, 5.41) is 5.13. The van der Waals surface area contributed by atoms with E-state index in [2.05, 4.69) is 106 Å². The largest absolute Gasteiger partial charge is 0.490 e. The molecule has 0 saturated carbocycles. The van der Waals surface area contributed by atoms with Gasteiger partial charge in [0.2, 0.25) is 0 Å². The average molecular weight is 613 g/mol. The number of aryl methyl sites for hydroxylation is 1. The Labute approximate surface area is 272 Å². The van der Waals surface area contributed by atoms with Crippen LogP contribution in [0.15, 0.2) is 84.9 Å². The highest BCUT2D eigenvalue weighted by Gasteiger charge is 2.32. The molecule has 0 radical (unpaired) electrons. The molecule has 1 aliphatic carbocycles. The highest BCUT2D eigenvalue weighted by molar-refractivity contribution is 5.86. The van der Waals surface area contributed by atoms with Crippen molar-refractivity contribution in [2.24, 2.45) is 0 Å². The van der Waals surface area contributed by atoms with E-state index in [4.69, 9.17) is 18.9 Å². The Bertz CT molecular complexity index is 1880. The Hall–Kier alpha value is -3.70. The van der Waals surface area contributed by atoms with Crippen LogP contribution >= 0.6 is 0 Å². The molecule has 5 atom stereocenters. The van der Waals surface area contributed by atoms with Crippen molar-refractivity contribution in [2.45, 2.75) is 76.6 Å². The first kappa shape index (κ1) is 29.7. The van der Waals surface area contributed by atoms with Crippen LogP contribution in [0, 0.1) is 6.92 Å². The summed E-state index contributed by atoms with van der Waals surface area (Å²) in [4.78, 5) is 0. The van der Waals surface area contributed by atoms with Crippen molar-refractivity contribution < 1.29 is 18.9 Å². The molecule has 2 fully saturated rings. The molecule has 0 bridgehead atoms. The molecule has 5 aromatic rings. The summed E-state index contributed by atoms with van der Waals surface area (Å²) in [5.41, 5.74) is 9.47. The third kappa shape index (κ3) is 6.44. The van der Waals surface area contributed by atoms with Gasteiger partial charge in [0.05, 0.1) is 25.9 Å². The number of fused-ring (bicyclic) bond motifs is 3. The summed E-state index contributed by atoms with van der Waals surface area (Å²) >= 11 is 0. The van der Waals surface area contributed by atoms with E-state index in [1.165, 1.54) is 60.5 Å². The molecular weight excluding hydrogens is 568 g/mol. The van der Waals surface area contributed by atoms with Crippen molar-refractivity contribution in [1.82, 2.24) is 0 Å².